The highest BCUT2D eigenvalue weighted by molar-refractivity contribution is 6.43. The molecule has 0 spiro atoms. The number of ketones is 1. The van der Waals surface area contributed by atoms with Gasteiger partial charge in [-0.2, -0.15) is 5.26 Å². The van der Waals surface area contributed by atoms with Crippen molar-refractivity contribution in [3.05, 3.63) is 21.8 Å². The molecular formula is C21H26ClNO. The van der Waals surface area contributed by atoms with Crippen LogP contribution in [0.5, 0.6) is 0 Å². The highest BCUT2D eigenvalue weighted by Crippen LogP contribution is 2.64. The van der Waals surface area contributed by atoms with Crippen molar-refractivity contribution in [2.24, 2.45) is 29.1 Å². The first kappa shape index (κ1) is 16.4. The summed E-state index contributed by atoms with van der Waals surface area (Å²) in [5.74, 6) is 2.88. The van der Waals surface area contributed by atoms with Crippen molar-refractivity contribution in [3.63, 3.8) is 0 Å². The third-order valence-corrected chi connectivity index (χ3v) is 8.27. The average molecular weight is 344 g/mol. The Hall–Kier alpha value is -1.07. The fourth-order valence-electron chi connectivity index (χ4n) is 6.73. The molecule has 5 atom stereocenters. The van der Waals surface area contributed by atoms with Crippen molar-refractivity contribution in [1.29, 1.82) is 5.26 Å². The molecular weight excluding hydrogens is 318 g/mol. The van der Waals surface area contributed by atoms with Gasteiger partial charge in [0.1, 0.15) is 0 Å². The summed E-state index contributed by atoms with van der Waals surface area (Å²) in [6.45, 7) is 4.42. The van der Waals surface area contributed by atoms with Crippen LogP contribution in [-0.4, -0.2) is 5.78 Å². The summed E-state index contributed by atoms with van der Waals surface area (Å²) in [7, 11) is 0. The predicted octanol–water partition coefficient (Wildman–Crippen LogP) is 5.53. The fraction of sp³-hybridized carbons (Fsp3) is 0.714. The lowest BCUT2D eigenvalue weighted by atomic mass is 9.52. The van der Waals surface area contributed by atoms with Gasteiger partial charge >= 0.3 is 0 Å². The maximum Gasteiger partial charge on any atom is 0.174 e. The van der Waals surface area contributed by atoms with Crippen LogP contribution in [0.15, 0.2) is 21.8 Å². The van der Waals surface area contributed by atoms with Crippen molar-refractivity contribution in [3.8, 4) is 6.07 Å². The van der Waals surface area contributed by atoms with Crippen molar-refractivity contribution in [1.82, 2.24) is 0 Å². The van der Waals surface area contributed by atoms with Gasteiger partial charge in [0.2, 0.25) is 0 Å². The van der Waals surface area contributed by atoms with Crippen molar-refractivity contribution in [2.75, 3.05) is 0 Å². The molecule has 0 aliphatic heterocycles. The largest absolute Gasteiger partial charge is 0.293 e. The molecule has 0 N–H and O–H groups in total. The number of carbonyl (C=O) groups excluding carboxylic acids is 1. The highest BCUT2D eigenvalue weighted by atomic mass is 35.5. The van der Waals surface area contributed by atoms with Crippen LogP contribution in [0, 0.1) is 40.4 Å². The van der Waals surface area contributed by atoms with Crippen LogP contribution in [0.1, 0.15) is 65.2 Å². The number of hydrogen-bond donors (Lipinski definition) is 0. The molecule has 2 nitrogen and oxygen atoms in total. The summed E-state index contributed by atoms with van der Waals surface area (Å²) in [5.41, 5.74) is 3.91. The summed E-state index contributed by atoms with van der Waals surface area (Å²) in [5, 5.41) is 9.95. The Morgan fingerprint density at radius 1 is 1.17 bits per heavy atom. The number of fused-ring (bicyclic) bond motifs is 5. The van der Waals surface area contributed by atoms with E-state index in [1.807, 2.05) is 6.92 Å². The Morgan fingerprint density at radius 3 is 2.71 bits per heavy atom. The van der Waals surface area contributed by atoms with Crippen molar-refractivity contribution >= 4 is 17.4 Å². The number of carbonyl (C=O) groups is 1. The Labute approximate surface area is 149 Å². The number of halogens is 1. The number of allylic oxidation sites excluding steroid dienone is 3. The van der Waals surface area contributed by atoms with Crippen LogP contribution in [0.4, 0.5) is 0 Å². The third kappa shape index (κ3) is 2.17. The van der Waals surface area contributed by atoms with Gasteiger partial charge < -0.3 is 0 Å². The third-order valence-electron chi connectivity index (χ3n) is 7.82. The van der Waals surface area contributed by atoms with E-state index in [1.54, 1.807) is 0 Å². The fourth-order valence-corrected chi connectivity index (χ4v) is 7.06. The van der Waals surface area contributed by atoms with E-state index < -0.39 is 0 Å². The van der Waals surface area contributed by atoms with Gasteiger partial charge in [-0.15, -0.1) is 0 Å². The smallest absolute Gasteiger partial charge is 0.174 e. The number of hydrogen-bond acceptors (Lipinski definition) is 2. The summed E-state index contributed by atoms with van der Waals surface area (Å²) in [4.78, 5) is 12.0. The summed E-state index contributed by atoms with van der Waals surface area (Å²) >= 11 is 6.38. The molecule has 3 saturated carbocycles. The molecule has 4 rings (SSSR count). The first-order valence-corrected chi connectivity index (χ1v) is 9.87. The van der Waals surface area contributed by atoms with E-state index in [9.17, 15) is 10.1 Å². The number of rotatable bonds is 0. The second kappa shape index (κ2) is 5.73. The molecule has 128 valence electrons. The van der Waals surface area contributed by atoms with Gasteiger partial charge in [0.15, 0.2) is 5.78 Å². The van der Waals surface area contributed by atoms with Gasteiger partial charge in [0.25, 0.3) is 0 Å². The maximum absolute atomic E-state index is 12.0. The van der Waals surface area contributed by atoms with Crippen LogP contribution >= 0.6 is 11.6 Å². The molecule has 4 aliphatic rings. The maximum atomic E-state index is 12.0. The van der Waals surface area contributed by atoms with Crippen LogP contribution in [0.2, 0.25) is 0 Å². The van der Waals surface area contributed by atoms with Gasteiger partial charge in [-0.05, 0) is 86.5 Å². The van der Waals surface area contributed by atoms with E-state index in [2.05, 4.69) is 13.0 Å². The molecule has 0 amide bonds. The van der Waals surface area contributed by atoms with Crippen molar-refractivity contribution in [2.45, 2.75) is 65.2 Å². The molecule has 0 aromatic rings. The normalized spacial score (nSPS) is 43.7. The monoisotopic (exact) mass is 343 g/mol. The minimum Gasteiger partial charge on any atom is -0.293 e. The van der Waals surface area contributed by atoms with Crippen LogP contribution in [0.25, 0.3) is 0 Å². The zero-order valence-corrected chi connectivity index (χ0v) is 15.5. The molecule has 3 fully saturated rings. The Kier molecular flexibility index (Phi) is 3.92. The van der Waals surface area contributed by atoms with Gasteiger partial charge in [-0.25, -0.2) is 0 Å². The number of nitriles is 1. The van der Waals surface area contributed by atoms with Crippen LogP contribution < -0.4 is 0 Å². The lowest BCUT2D eigenvalue weighted by Gasteiger charge is -2.53. The topological polar surface area (TPSA) is 40.9 Å². The van der Waals surface area contributed by atoms with Gasteiger partial charge in [-0.3, -0.25) is 4.79 Å². The first-order valence-electron chi connectivity index (χ1n) is 9.49. The average Bonchev–Trinajstić information content (AvgIpc) is 2.94. The molecule has 4 aliphatic carbocycles. The van der Waals surface area contributed by atoms with Crippen molar-refractivity contribution < 1.29 is 4.79 Å². The lowest BCUT2D eigenvalue weighted by molar-refractivity contribution is -0.116. The quantitative estimate of drug-likeness (QED) is 0.542. The SMILES string of the molecule is C/C(C#N)=C1/CCC2C3CCC4=C(Cl)C(=O)CCC4C3CC[C@]12C. The van der Waals surface area contributed by atoms with E-state index in [0.717, 1.165) is 30.8 Å². The molecule has 0 heterocycles. The second-order valence-corrected chi connectivity index (χ2v) is 8.97. The van der Waals surface area contributed by atoms with E-state index in [4.69, 9.17) is 11.6 Å². The molecule has 0 saturated heterocycles. The first-order chi connectivity index (χ1) is 11.5. The Morgan fingerprint density at radius 2 is 1.96 bits per heavy atom. The summed E-state index contributed by atoms with van der Waals surface area (Å²) in [6.07, 6.45) is 8.61. The molecule has 0 radical (unpaired) electrons. The Balaban J connectivity index is 1.67. The van der Waals surface area contributed by atoms with Gasteiger partial charge in [0.05, 0.1) is 11.1 Å². The highest BCUT2D eigenvalue weighted by Gasteiger charge is 2.55. The van der Waals surface area contributed by atoms with E-state index >= 15 is 0 Å². The predicted molar refractivity (Wildman–Crippen MR) is 95.2 cm³/mol. The van der Waals surface area contributed by atoms with Crippen LogP contribution in [-0.2, 0) is 4.79 Å². The van der Waals surface area contributed by atoms with Gasteiger partial charge in [-0.1, -0.05) is 24.1 Å². The zero-order valence-electron chi connectivity index (χ0n) is 14.7. The van der Waals surface area contributed by atoms with Crippen LogP contribution in [0.3, 0.4) is 0 Å². The minimum atomic E-state index is 0.165. The molecule has 4 unspecified atom stereocenters. The number of nitrogens with zero attached hydrogens (tertiary/aromatic N) is 1. The molecule has 0 aromatic heterocycles. The number of Topliss-reactive ketones (excluding diaryl/α,β-unsaturated/α-hetero) is 1. The molecule has 0 bridgehead atoms. The zero-order chi connectivity index (χ0) is 17.1. The van der Waals surface area contributed by atoms with E-state index in [-0.39, 0.29) is 11.2 Å². The van der Waals surface area contributed by atoms with Gasteiger partial charge in [0, 0.05) is 12.0 Å². The second-order valence-electron chi connectivity index (χ2n) is 8.59. The molecule has 0 aromatic carbocycles. The minimum absolute atomic E-state index is 0.165. The molecule has 3 heteroatoms. The Bertz CT molecular complexity index is 697. The standard InChI is InChI=1S/C21H26ClNO/c1-12(11-23)17-6-7-18-15-3-4-16-13(5-8-19(24)20(16)22)14(15)9-10-21(17,18)2/h13-15,18H,3-10H2,1-2H3/b17-12+/t13?,14?,15?,18?,21-/m1/s1. The van der Waals surface area contributed by atoms with E-state index in [0.29, 0.717) is 29.2 Å². The lowest BCUT2D eigenvalue weighted by Crippen LogP contribution is -2.45. The summed E-state index contributed by atoms with van der Waals surface area (Å²) in [6, 6.07) is 2.41. The van der Waals surface area contributed by atoms with E-state index in [1.165, 1.54) is 36.8 Å². The molecule has 24 heavy (non-hydrogen) atoms. The summed E-state index contributed by atoms with van der Waals surface area (Å²) < 4.78 is 0.